The van der Waals surface area contributed by atoms with Gasteiger partial charge in [0.05, 0.1) is 10.8 Å². The number of carbonyl (C=O) groups excluding carboxylic acids is 1. The summed E-state index contributed by atoms with van der Waals surface area (Å²) in [5.41, 5.74) is 14.8. The number of hydrogen-bond acceptors (Lipinski definition) is 7. The quantitative estimate of drug-likeness (QED) is 0.146. The Bertz CT molecular complexity index is 2690. The first kappa shape index (κ1) is 37.4. The van der Waals surface area contributed by atoms with Crippen LogP contribution in [0.1, 0.15) is 93.3 Å². The van der Waals surface area contributed by atoms with Gasteiger partial charge in [0.1, 0.15) is 5.78 Å². The van der Waals surface area contributed by atoms with Crippen LogP contribution in [0, 0.1) is 0 Å². The molecule has 4 heterocycles. The van der Waals surface area contributed by atoms with Crippen LogP contribution in [0.5, 0.6) is 23.0 Å². The van der Waals surface area contributed by atoms with Crippen molar-refractivity contribution in [3.63, 3.8) is 0 Å². The Morgan fingerprint density at radius 3 is 1.56 bits per heavy atom. The molecule has 4 aliphatic carbocycles. The van der Waals surface area contributed by atoms with E-state index >= 15 is 0 Å². The Morgan fingerprint density at radius 1 is 0.593 bits per heavy atom. The van der Waals surface area contributed by atoms with Crippen LogP contribution in [-0.2, 0) is 51.8 Å². The maximum atomic E-state index is 13.3. The number of aryl methyl sites for hydroxylation is 2. The molecule has 0 unspecified atom stereocenters. The number of aromatic nitrogens is 2. The van der Waals surface area contributed by atoms with Gasteiger partial charge in [-0.2, -0.15) is 0 Å². The van der Waals surface area contributed by atoms with Crippen molar-refractivity contribution < 1.29 is 33.6 Å². The highest BCUT2D eigenvalue weighted by Crippen LogP contribution is 2.53. The predicted molar refractivity (Wildman–Crippen MR) is 227 cm³/mol. The van der Waals surface area contributed by atoms with E-state index in [0.717, 1.165) is 46.7 Å². The fourth-order valence-electron chi connectivity index (χ4n) is 9.27. The first-order valence-corrected chi connectivity index (χ1v) is 20.8. The molecule has 2 aliphatic heterocycles. The standard InChI is InChI=1S/C25H25NO3.C13H16N2.C11H10O4/c1-24(7-8-24)22-13-17-11-16(3-5-19(17)26(22)2)12-23(27)25(9-10-25)18-4-6-20-21(14-18)29-15-28-20;1-13(5-6-13)12-8-9-7-10(14)3-4-11(9)15(12)2;12-10(13)11(3-4-11)7-1-2-8-9(5-7)15-6-14-8/h3-6,11,13-14H,7-10,12,15H2,1-2H3;3-4,7-8H,5-6,14H2,1-2H3;1-2,5H,3-4,6H2,(H,12,13). The second-order valence-electron chi connectivity index (χ2n) is 18.2. The molecule has 0 bridgehead atoms. The van der Waals surface area contributed by atoms with E-state index < -0.39 is 11.4 Å². The van der Waals surface area contributed by atoms with Gasteiger partial charge in [-0.25, -0.2) is 0 Å². The van der Waals surface area contributed by atoms with Crippen molar-refractivity contribution in [2.75, 3.05) is 19.3 Å². The number of hydrogen-bond donors (Lipinski definition) is 2. The molecule has 4 saturated carbocycles. The Hall–Kier alpha value is -5.90. The molecule has 12 rings (SSSR count). The fraction of sp³-hybridized carbons (Fsp3) is 0.388. The minimum absolute atomic E-state index is 0.221. The number of carbonyl (C=O) groups is 2. The highest BCUT2D eigenvalue weighted by molar-refractivity contribution is 5.95. The zero-order valence-corrected chi connectivity index (χ0v) is 34.2. The summed E-state index contributed by atoms with van der Waals surface area (Å²) < 4.78 is 26.0. The Morgan fingerprint density at radius 2 is 1.07 bits per heavy atom. The first-order chi connectivity index (χ1) is 28.3. The number of nitrogens with two attached hydrogens (primary N) is 1. The van der Waals surface area contributed by atoms with E-state index in [-0.39, 0.29) is 19.0 Å². The van der Waals surface area contributed by atoms with Gasteiger partial charge in [0.15, 0.2) is 23.0 Å². The lowest BCUT2D eigenvalue weighted by molar-refractivity contribution is -0.140. The van der Waals surface area contributed by atoms with Gasteiger partial charge in [0, 0.05) is 70.2 Å². The summed E-state index contributed by atoms with van der Waals surface area (Å²) in [6.07, 6.45) is 8.89. The molecule has 0 atom stereocenters. The van der Waals surface area contributed by atoms with Crippen molar-refractivity contribution in [3.05, 3.63) is 113 Å². The predicted octanol–water partition coefficient (Wildman–Crippen LogP) is 9.15. The number of ketones is 1. The van der Waals surface area contributed by atoms with Gasteiger partial charge in [-0.3, -0.25) is 9.59 Å². The van der Waals surface area contributed by atoms with Crippen LogP contribution >= 0.6 is 0 Å². The van der Waals surface area contributed by atoms with Gasteiger partial charge < -0.3 is 38.9 Å². The number of carboxylic acids is 1. The summed E-state index contributed by atoms with van der Waals surface area (Å²) in [6.45, 7) is 5.16. The summed E-state index contributed by atoms with van der Waals surface area (Å²) in [4.78, 5) is 24.4. The van der Waals surface area contributed by atoms with E-state index in [1.807, 2.05) is 30.3 Å². The number of rotatable bonds is 8. The topological polar surface area (TPSA) is 127 Å². The molecule has 10 nitrogen and oxygen atoms in total. The fourth-order valence-corrected chi connectivity index (χ4v) is 9.27. The van der Waals surface area contributed by atoms with Gasteiger partial charge in [0.2, 0.25) is 13.6 Å². The van der Waals surface area contributed by atoms with E-state index in [4.69, 9.17) is 29.8 Å². The molecule has 3 N–H and O–H groups in total. The summed E-state index contributed by atoms with van der Waals surface area (Å²) in [6, 6.07) is 28.6. The first-order valence-electron chi connectivity index (χ1n) is 20.8. The van der Waals surface area contributed by atoms with Crippen molar-refractivity contribution in [2.24, 2.45) is 14.1 Å². The lowest BCUT2D eigenvalue weighted by atomic mass is 9.87. The number of benzene rings is 4. The highest BCUT2D eigenvalue weighted by Gasteiger charge is 2.52. The smallest absolute Gasteiger partial charge is 0.314 e. The summed E-state index contributed by atoms with van der Waals surface area (Å²) >= 11 is 0. The van der Waals surface area contributed by atoms with Crippen LogP contribution in [-0.4, -0.2) is 39.6 Å². The molecule has 0 radical (unpaired) electrons. The molecule has 304 valence electrons. The van der Waals surface area contributed by atoms with E-state index in [2.05, 4.69) is 79.5 Å². The number of nitrogen functional groups attached to an aromatic ring is 1. The van der Waals surface area contributed by atoms with Crippen molar-refractivity contribution in [1.29, 1.82) is 0 Å². The van der Waals surface area contributed by atoms with Crippen molar-refractivity contribution in [1.82, 2.24) is 9.13 Å². The molecule has 0 spiro atoms. The lowest BCUT2D eigenvalue weighted by Crippen LogP contribution is -2.22. The van der Waals surface area contributed by atoms with Crippen LogP contribution < -0.4 is 24.7 Å². The largest absolute Gasteiger partial charge is 0.481 e. The average Bonchev–Trinajstić information content (AvgIpc) is 4.19. The Labute approximate surface area is 343 Å². The number of carboxylic acid groups (broad SMARTS) is 1. The van der Waals surface area contributed by atoms with Crippen molar-refractivity contribution >= 4 is 39.2 Å². The van der Waals surface area contributed by atoms with Crippen LogP contribution in [0.3, 0.4) is 0 Å². The molecule has 4 fully saturated rings. The molecule has 2 aromatic heterocycles. The minimum Gasteiger partial charge on any atom is -0.481 e. The molecule has 0 amide bonds. The molecule has 59 heavy (non-hydrogen) atoms. The van der Waals surface area contributed by atoms with Gasteiger partial charge in [-0.1, -0.05) is 32.0 Å². The molecular weight excluding hydrogens is 743 g/mol. The Balaban J connectivity index is 0.000000118. The molecule has 6 aliphatic rings. The Kier molecular flexibility index (Phi) is 8.43. The van der Waals surface area contributed by atoms with Gasteiger partial charge >= 0.3 is 5.97 Å². The number of aliphatic carboxylic acids is 1. The highest BCUT2D eigenvalue weighted by atomic mass is 16.7. The third kappa shape index (κ3) is 6.48. The molecule has 6 aromatic rings. The second kappa shape index (κ2) is 13.3. The van der Waals surface area contributed by atoms with E-state index in [1.54, 1.807) is 12.1 Å². The molecule has 4 aromatic carbocycles. The number of fused-ring (bicyclic) bond motifs is 4. The van der Waals surface area contributed by atoms with Gasteiger partial charge in [-0.05, 0) is 135 Å². The lowest BCUT2D eigenvalue weighted by Gasteiger charge is -2.15. The minimum atomic E-state index is -0.749. The van der Waals surface area contributed by atoms with Crippen molar-refractivity contribution in [3.8, 4) is 23.0 Å². The summed E-state index contributed by atoms with van der Waals surface area (Å²) in [5, 5.41) is 11.6. The van der Waals surface area contributed by atoms with Crippen LogP contribution in [0.15, 0.2) is 84.9 Å². The van der Waals surface area contributed by atoms with Crippen LogP contribution in [0.25, 0.3) is 21.8 Å². The third-order valence-corrected chi connectivity index (χ3v) is 14.1. The second-order valence-corrected chi connectivity index (χ2v) is 18.2. The monoisotopic (exact) mass is 793 g/mol. The number of nitrogens with zero attached hydrogens (tertiary/aromatic N) is 2. The molecule has 10 heteroatoms. The number of Topliss-reactive ketones (excluding diaryl/α,β-unsaturated/α-hetero) is 1. The normalized spacial score (nSPS) is 19.6. The molecule has 0 saturated heterocycles. The maximum absolute atomic E-state index is 13.3. The van der Waals surface area contributed by atoms with Crippen LogP contribution in [0.4, 0.5) is 5.69 Å². The van der Waals surface area contributed by atoms with Gasteiger partial charge in [-0.15, -0.1) is 0 Å². The van der Waals surface area contributed by atoms with E-state index in [9.17, 15) is 9.59 Å². The summed E-state index contributed by atoms with van der Waals surface area (Å²) in [5.74, 6) is 2.43. The summed E-state index contributed by atoms with van der Waals surface area (Å²) in [7, 11) is 4.31. The van der Waals surface area contributed by atoms with E-state index in [1.165, 1.54) is 58.9 Å². The average molecular weight is 794 g/mol. The SMILES string of the molecule is Cn1c(C2(C)CC2)cc2cc(CC(=O)C3(c4ccc5c(c4)OCO5)CC3)ccc21.Cn1c(C2(C)CC2)cc2cc(N)ccc21.O=C(O)C1(c2ccc3c(c2)OCO3)CC1. The number of anilines is 1. The third-order valence-electron chi connectivity index (χ3n) is 14.1. The van der Waals surface area contributed by atoms with E-state index in [0.29, 0.717) is 47.4 Å². The zero-order chi connectivity index (χ0) is 40.9. The maximum Gasteiger partial charge on any atom is 0.314 e. The van der Waals surface area contributed by atoms with Crippen molar-refractivity contribution in [2.45, 2.75) is 93.3 Å². The zero-order valence-electron chi connectivity index (χ0n) is 34.2. The number of ether oxygens (including phenoxy) is 4. The van der Waals surface area contributed by atoms with Crippen LogP contribution in [0.2, 0.25) is 0 Å². The molecular formula is C49H51N3O7. The van der Waals surface area contributed by atoms with Gasteiger partial charge in [0.25, 0.3) is 0 Å².